The monoisotopic (exact) mass is 303 g/mol. The molecule has 1 aliphatic rings. The van der Waals surface area contributed by atoms with Crippen molar-refractivity contribution < 1.29 is 4.74 Å². The number of hydrogen-bond acceptors (Lipinski definition) is 2. The van der Waals surface area contributed by atoms with Crippen molar-refractivity contribution in [1.82, 2.24) is 0 Å². The molecule has 0 radical (unpaired) electrons. The van der Waals surface area contributed by atoms with E-state index in [2.05, 4.69) is 39.0 Å². The van der Waals surface area contributed by atoms with E-state index < -0.39 is 0 Å². The molecule has 1 atom stereocenters. The first-order valence-corrected chi connectivity index (χ1v) is 6.69. The van der Waals surface area contributed by atoms with Gasteiger partial charge in [0.2, 0.25) is 0 Å². The second-order valence-corrected chi connectivity index (χ2v) is 5.13. The standard InChI is InChI=1S/C12H15BrClNO/c1-16-10-4-5-15(8-10)12-3-2-9(7-14)6-11(12)13/h2-3,6,10H,4-5,7-8H2,1H3. The molecule has 1 aromatic carbocycles. The van der Waals surface area contributed by atoms with Crippen molar-refractivity contribution in [1.29, 1.82) is 0 Å². The Morgan fingerprint density at radius 1 is 1.56 bits per heavy atom. The van der Waals surface area contributed by atoms with Gasteiger partial charge in [0.15, 0.2) is 0 Å². The maximum absolute atomic E-state index is 5.80. The molecular formula is C12H15BrClNO. The van der Waals surface area contributed by atoms with Crippen LogP contribution in [0.5, 0.6) is 0 Å². The van der Waals surface area contributed by atoms with Gasteiger partial charge in [-0.05, 0) is 40.0 Å². The third-order valence-electron chi connectivity index (χ3n) is 2.99. The van der Waals surface area contributed by atoms with Crippen LogP contribution in [-0.2, 0) is 10.6 Å². The van der Waals surface area contributed by atoms with E-state index in [9.17, 15) is 0 Å². The zero-order valence-corrected chi connectivity index (χ0v) is 11.6. The van der Waals surface area contributed by atoms with Crippen LogP contribution in [-0.4, -0.2) is 26.3 Å². The minimum atomic E-state index is 0.361. The summed E-state index contributed by atoms with van der Waals surface area (Å²) >= 11 is 9.40. The van der Waals surface area contributed by atoms with E-state index >= 15 is 0 Å². The van der Waals surface area contributed by atoms with Gasteiger partial charge in [-0.25, -0.2) is 0 Å². The van der Waals surface area contributed by atoms with Gasteiger partial charge in [-0.3, -0.25) is 0 Å². The number of alkyl halides is 1. The summed E-state index contributed by atoms with van der Waals surface area (Å²) < 4.78 is 6.48. The maximum atomic E-state index is 5.80. The van der Waals surface area contributed by atoms with Gasteiger partial charge in [-0.1, -0.05) is 6.07 Å². The van der Waals surface area contributed by atoms with Crippen LogP contribution < -0.4 is 4.90 Å². The van der Waals surface area contributed by atoms with Crippen molar-refractivity contribution in [3.05, 3.63) is 28.2 Å². The number of ether oxygens (including phenoxy) is 1. The molecule has 2 rings (SSSR count). The van der Waals surface area contributed by atoms with Crippen molar-refractivity contribution >= 4 is 33.2 Å². The predicted molar refractivity (Wildman–Crippen MR) is 71.3 cm³/mol. The summed E-state index contributed by atoms with van der Waals surface area (Å²) in [6.07, 6.45) is 1.46. The third kappa shape index (κ3) is 2.53. The Kier molecular flexibility index (Phi) is 4.11. The van der Waals surface area contributed by atoms with Crippen molar-refractivity contribution in [3.8, 4) is 0 Å². The van der Waals surface area contributed by atoms with Gasteiger partial charge in [0.1, 0.15) is 0 Å². The minimum Gasteiger partial charge on any atom is -0.380 e. The number of hydrogen-bond donors (Lipinski definition) is 0. The minimum absolute atomic E-state index is 0.361. The van der Waals surface area contributed by atoms with Gasteiger partial charge < -0.3 is 9.64 Å². The lowest BCUT2D eigenvalue weighted by Crippen LogP contribution is -2.22. The van der Waals surface area contributed by atoms with Gasteiger partial charge >= 0.3 is 0 Å². The number of anilines is 1. The van der Waals surface area contributed by atoms with Crippen LogP contribution in [0.4, 0.5) is 5.69 Å². The van der Waals surface area contributed by atoms with Crippen LogP contribution in [0.2, 0.25) is 0 Å². The summed E-state index contributed by atoms with van der Waals surface area (Å²) in [5.74, 6) is 0.555. The zero-order valence-electron chi connectivity index (χ0n) is 9.25. The first-order chi connectivity index (χ1) is 7.74. The summed E-state index contributed by atoms with van der Waals surface area (Å²) in [5, 5.41) is 0. The molecule has 0 saturated carbocycles. The average molecular weight is 305 g/mol. The van der Waals surface area contributed by atoms with E-state index in [0.29, 0.717) is 12.0 Å². The summed E-state index contributed by atoms with van der Waals surface area (Å²) in [5.41, 5.74) is 2.37. The second-order valence-electron chi connectivity index (χ2n) is 4.01. The smallest absolute Gasteiger partial charge is 0.0762 e. The van der Waals surface area contributed by atoms with Crippen LogP contribution in [0.25, 0.3) is 0 Å². The van der Waals surface area contributed by atoms with Crippen LogP contribution in [0.3, 0.4) is 0 Å². The molecule has 0 aromatic heterocycles. The lowest BCUT2D eigenvalue weighted by molar-refractivity contribution is 0.121. The molecule has 0 N–H and O–H groups in total. The summed E-state index contributed by atoms with van der Waals surface area (Å²) in [7, 11) is 1.78. The first kappa shape index (κ1) is 12.2. The van der Waals surface area contributed by atoms with Crippen molar-refractivity contribution in [3.63, 3.8) is 0 Å². The molecule has 1 aromatic rings. The molecule has 1 saturated heterocycles. The average Bonchev–Trinajstić information content (AvgIpc) is 2.77. The number of benzene rings is 1. The molecule has 88 valence electrons. The molecule has 0 amide bonds. The maximum Gasteiger partial charge on any atom is 0.0762 e. The normalized spacial score (nSPS) is 20.4. The van der Waals surface area contributed by atoms with E-state index in [-0.39, 0.29) is 0 Å². The lowest BCUT2D eigenvalue weighted by atomic mass is 10.2. The Morgan fingerprint density at radius 3 is 2.94 bits per heavy atom. The Morgan fingerprint density at radius 2 is 2.38 bits per heavy atom. The number of nitrogens with zero attached hydrogens (tertiary/aromatic N) is 1. The lowest BCUT2D eigenvalue weighted by Gasteiger charge is -2.20. The molecule has 2 nitrogen and oxygen atoms in total. The highest BCUT2D eigenvalue weighted by atomic mass is 79.9. The van der Waals surface area contributed by atoms with Crippen molar-refractivity contribution in [2.75, 3.05) is 25.1 Å². The molecular weight excluding hydrogens is 289 g/mol. The number of halogens is 2. The van der Waals surface area contributed by atoms with Crippen LogP contribution in [0.15, 0.2) is 22.7 Å². The molecule has 0 spiro atoms. The Labute approximate surface area is 110 Å². The molecule has 1 heterocycles. The Hall–Kier alpha value is -0.250. The van der Waals surface area contributed by atoms with E-state index in [4.69, 9.17) is 16.3 Å². The summed E-state index contributed by atoms with van der Waals surface area (Å²) in [4.78, 5) is 2.34. The highest BCUT2D eigenvalue weighted by Crippen LogP contribution is 2.30. The van der Waals surface area contributed by atoms with E-state index in [1.54, 1.807) is 7.11 Å². The van der Waals surface area contributed by atoms with Gasteiger partial charge in [0, 0.05) is 30.6 Å². The molecule has 1 aliphatic heterocycles. The van der Waals surface area contributed by atoms with Gasteiger partial charge in [-0.2, -0.15) is 0 Å². The fourth-order valence-corrected chi connectivity index (χ4v) is 2.87. The third-order valence-corrected chi connectivity index (χ3v) is 3.93. The Bertz CT molecular complexity index is 372. The highest BCUT2D eigenvalue weighted by molar-refractivity contribution is 9.10. The molecule has 1 unspecified atom stereocenters. The van der Waals surface area contributed by atoms with Crippen molar-refractivity contribution in [2.45, 2.75) is 18.4 Å². The van der Waals surface area contributed by atoms with Crippen LogP contribution in [0.1, 0.15) is 12.0 Å². The van der Waals surface area contributed by atoms with Gasteiger partial charge in [0.05, 0.1) is 11.8 Å². The first-order valence-electron chi connectivity index (χ1n) is 5.36. The zero-order chi connectivity index (χ0) is 11.5. The fraction of sp³-hybridized carbons (Fsp3) is 0.500. The summed E-state index contributed by atoms with van der Waals surface area (Å²) in [6.45, 7) is 2.02. The molecule has 1 fully saturated rings. The highest BCUT2D eigenvalue weighted by Gasteiger charge is 2.23. The van der Waals surface area contributed by atoms with Crippen LogP contribution >= 0.6 is 27.5 Å². The molecule has 4 heteroatoms. The quantitative estimate of drug-likeness (QED) is 0.794. The van der Waals surface area contributed by atoms with E-state index in [1.807, 2.05) is 0 Å². The van der Waals surface area contributed by atoms with Crippen molar-refractivity contribution in [2.24, 2.45) is 0 Å². The van der Waals surface area contributed by atoms with Gasteiger partial charge in [-0.15, -0.1) is 11.6 Å². The number of methoxy groups -OCH3 is 1. The van der Waals surface area contributed by atoms with E-state index in [1.165, 1.54) is 5.69 Å². The largest absolute Gasteiger partial charge is 0.380 e. The Balaban J connectivity index is 2.15. The molecule has 0 aliphatic carbocycles. The fourth-order valence-electron chi connectivity index (χ4n) is 2.03. The molecule has 16 heavy (non-hydrogen) atoms. The van der Waals surface area contributed by atoms with Gasteiger partial charge in [0.25, 0.3) is 0 Å². The second kappa shape index (κ2) is 5.39. The topological polar surface area (TPSA) is 12.5 Å². The van der Waals surface area contributed by atoms with E-state index in [0.717, 1.165) is 29.5 Å². The predicted octanol–water partition coefficient (Wildman–Crippen LogP) is 3.41. The van der Waals surface area contributed by atoms with Crippen LogP contribution in [0, 0.1) is 0 Å². The molecule has 0 bridgehead atoms. The number of rotatable bonds is 3. The SMILES string of the molecule is COC1CCN(c2ccc(CCl)cc2Br)C1. The summed E-state index contributed by atoms with van der Waals surface area (Å²) in [6, 6.07) is 6.29.